The van der Waals surface area contributed by atoms with Gasteiger partial charge in [-0.1, -0.05) is 11.6 Å². The number of halogens is 2. The van der Waals surface area contributed by atoms with Crippen molar-refractivity contribution < 1.29 is 16.8 Å². The van der Waals surface area contributed by atoms with Crippen molar-refractivity contribution in [3.63, 3.8) is 0 Å². The highest BCUT2D eigenvalue weighted by molar-refractivity contribution is 9.10. The van der Waals surface area contributed by atoms with Gasteiger partial charge in [-0.05, 0) is 34.5 Å². The lowest BCUT2D eigenvalue weighted by Gasteiger charge is -2.10. The molecular weight excluding hydrogens is 392 g/mol. The number of benzene rings is 1. The van der Waals surface area contributed by atoms with Crippen molar-refractivity contribution in [1.29, 1.82) is 0 Å². The molecule has 6 nitrogen and oxygen atoms in total. The molecule has 0 aliphatic rings. The number of rotatable bonds is 6. The summed E-state index contributed by atoms with van der Waals surface area (Å²) < 4.78 is 48.6. The van der Waals surface area contributed by atoms with E-state index in [1.54, 1.807) is 0 Å². The molecule has 1 rings (SSSR count). The molecule has 0 aliphatic heterocycles. The molecule has 20 heavy (non-hydrogen) atoms. The molecule has 0 saturated carbocycles. The van der Waals surface area contributed by atoms with E-state index >= 15 is 0 Å². The quantitative estimate of drug-likeness (QED) is 0.549. The van der Waals surface area contributed by atoms with Crippen molar-refractivity contribution in [2.75, 3.05) is 24.3 Å². The van der Waals surface area contributed by atoms with E-state index in [4.69, 9.17) is 17.3 Å². The Morgan fingerprint density at radius 2 is 1.90 bits per heavy atom. The Kier molecular flexibility index (Phi) is 5.85. The fraction of sp³-hybridized carbons (Fsp3) is 0.400. The Morgan fingerprint density at radius 1 is 1.30 bits per heavy atom. The number of hydrogen-bond acceptors (Lipinski definition) is 5. The third-order valence-corrected chi connectivity index (χ3v) is 6.19. The van der Waals surface area contributed by atoms with Gasteiger partial charge in [0, 0.05) is 23.5 Å². The number of nitrogens with two attached hydrogens (primary N) is 1. The largest absolute Gasteiger partial charge is 0.398 e. The van der Waals surface area contributed by atoms with Gasteiger partial charge < -0.3 is 5.73 Å². The predicted octanol–water partition coefficient (Wildman–Crippen LogP) is 1.40. The van der Waals surface area contributed by atoms with Gasteiger partial charge in [0.2, 0.25) is 10.0 Å². The molecule has 1 aromatic rings. The van der Waals surface area contributed by atoms with Crippen LogP contribution in [-0.2, 0) is 19.9 Å². The molecular formula is C10H14BrClN2O4S2. The second-order valence-electron chi connectivity index (χ2n) is 4.19. The molecule has 0 bridgehead atoms. The molecule has 0 saturated heterocycles. The third-order valence-electron chi connectivity index (χ3n) is 2.31. The Balaban J connectivity index is 2.85. The third kappa shape index (κ3) is 5.21. The average Bonchev–Trinajstić information content (AvgIpc) is 2.28. The number of sulfone groups is 1. The number of anilines is 1. The summed E-state index contributed by atoms with van der Waals surface area (Å²) in [4.78, 5) is -0.0816. The van der Waals surface area contributed by atoms with Gasteiger partial charge in [0.25, 0.3) is 0 Å². The number of nitrogen functional groups attached to an aromatic ring is 1. The van der Waals surface area contributed by atoms with Crippen molar-refractivity contribution in [2.24, 2.45) is 0 Å². The minimum absolute atomic E-state index is 0.00820. The normalized spacial score (nSPS) is 12.6. The van der Waals surface area contributed by atoms with Crippen LogP contribution in [0.2, 0.25) is 5.02 Å². The highest BCUT2D eigenvalue weighted by Gasteiger charge is 2.19. The molecule has 114 valence electrons. The van der Waals surface area contributed by atoms with Gasteiger partial charge >= 0.3 is 0 Å². The summed E-state index contributed by atoms with van der Waals surface area (Å²) in [7, 11) is -6.92. The van der Waals surface area contributed by atoms with E-state index in [1.165, 1.54) is 12.1 Å². The van der Waals surface area contributed by atoms with E-state index in [2.05, 4.69) is 20.7 Å². The molecule has 0 radical (unpaired) electrons. The lowest BCUT2D eigenvalue weighted by atomic mass is 10.3. The first-order valence-electron chi connectivity index (χ1n) is 5.45. The summed E-state index contributed by atoms with van der Waals surface area (Å²) in [6, 6.07) is 2.69. The Morgan fingerprint density at radius 3 is 2.45 bits per heavy atom. The van der Waals surface area contributed by atoms with Gasteiger partial charge in [-0.3, -0.25) is 0 Å². The molecule has 0 spiro atoms. The van der Waals surface area contributed by atoms with Crippen LogP contribution in [0.5, 0.6) is 0 Å². The van der Waals surface area contributed by atoms with Crippen molar-refractivity contribution in [3.8, 4) is 0 Å². The van der Waals surface area contributed by atoms with E-state index in [1.807, 2.05) is 0 Å². The Labute approximate surface area is 131 Å². The highest BCUT2D eigenvalue weighted by atomic mass is 79.9. The molecule has 0 aromatic heterocycles. The van der Waals surface area contributed by atoms with Crippen LogP contribution < -0.4 is 10.5 Å². The summed E-state index contributed by atoms with van der Waals surface area (Å²) in [5.41, 5.74) is 5.83. The standard InChI is InChI=1S/C10H14BrClN2O4S2/c1-19(15,16)4-2-3-14-20(17,18)9-6-7(12)5-8(13)10(9)11/h5-6,14H,2-4,13H2,1H3. The van der Waals surface area contributed by atoms with Crippen LogP contribution in [0, 0.1) is 0 Å². The van der Waals surface area contributed by atoms with Crippen molar-refractivity contribution in [3.05, 3.63) is 21.6 Å². The number of nitrogens with one attached hydrogen (secondary N) is 1. The molecule has 0 amide bonds. The zero-order valence-electron chi connectivity index (χ0n) is 10.6. The van der Waals surface area contributed by atoms with Crippen LogP contribution in [0.1, 0.15) is 6.42 Å². The fourth-order valence-corrected chi connectivity index (χ4v) is 4.43. The van der Waals surface area contributed by atoms with E-state index in [0.717, 1.165) is 6.26 Å². The predicted molar refractivity (Wildman–Crippen MR) is 83.1 cm³/mol. The first-order chi connectivity index (χ1) is 9.03. The summed E-state index contributed by atoms with van der Waals surface area (Å²) in [6.45, 7) is 0.00820. The SMILES string of the molecule is CS(=O)(=O)CCCNS(=O)(=O)c1cc(Cl)cc(N)c1Br. The topological polar surface area (TPSA) is 106 Å². The maximum atomic E-state index is 12.1. The van der Waals surface area contributed by atoms with Crippen molar-refractivity contribution in [1.82, 2.24) is 4.72 Å². The highest BCUT2D eigenvalue weighted by Crippen LogP contribution is 2.31. The van der Waals surface area contributed by atoms with Crippen molar-refractivity contribution >= 4 is 53.1 Å². The lowest BCUT2D eigenvalue weighted by Crippen LogP contribution is -2.26. The fourth-order valence-electron chi connectivity index (χ4n) is 1.40. The van der Waals surface area contributed by atoms with Crippen molar-refractivity contribution in [2.45, 2.75) is 11.3 Å². The zero-order valence-corrected chi connectivity index (χ0v) is 14.5. The van der Waals surface area contributed by atoms with Crippen LogP contribution in [-0.4, -0.2) is 35.4 Å². The lowest BCUT2D eigenvalue weighted by molar-refractivity contribution is 0.577. The molecule has 0 unspecified atom stereocenters. The Hall–Kier alpha value is -0.350. The summed E-state index contributed by atoms with van der Waals surface area (Å²) in [6.07, 6.45) is 1.28. The van der Waals surface area contributed by atoms with E-state index in [9.17, 15) is 16.8 Å². The average molecular weight is 406 g/mol. The summed E-state index contributed by atoms with van der Waals surface area (Å²) in [5.74, 6) is -0.0889. The molecule has 0 atom stereocenters. The van der Waals surface area contributed by atoms with Crippen LogP contribution in [0.4, 0.5) is 5.69 Å². The van der Waals surface area contributed by atoms with Crippen LogP contribution in [0.25, 0.3) is 0 Å². The van der Waals surface area contributed by atoms with Crippen LogP contribution in [0.15, 0.2) is 21.5 Å². The minimum Gasteiger partial charge on any atom is -0.398 e. The number of sulfonamides is 1. The molecule has 1 aromatic carbocycles. The van der Waals surface area contributed by atoms with E-state index < -0.39 is 19.9 Å². The summed E-state index contributed by atoms with van der Waals surface area (Å²) >= 11 is 8.87. The molecule has 0 fully saturated rings. The van der Waals surface area contributed by atoms with Crippen LogP contribution in [0.3, 0.4) is 0 Å². The molecule has 0 heterocycles. The first-order valence-corrected chi connectivity index (χ1v) is 10.2. The minimum atomic E-state index is -3.81. The number of hydrogen-bond donors (Lipinski definition) is 2. The van der Waals surface area contributed by atoms with E-state index in [0.29, 0.717) is 0 Å². The maximum Gasteiger partial charge on any atom is 0.241 e. The molecule has 3 N–H and O–H groups in total. The van der Waals surface area contributed by atoms with Gasteiger partial charge in [0.05, 0.1) is 15.1 Å². The van der Waals surface area contributed by atoms with Gasteiger partial charge in [0.15, 0.2) is 0 Å². The second kappa shape index (κ2) is 6.61. The molecule has 0 aliphatic carbocycles. The smallest absolute Gasteiger partial charge is 0.241 e. The van der Waals surface area contributed by atoms with Gasteiger partial charge in [-0.25, -0.2) is 21.6 Å². The van der Waals surface area contributed by atoms with Gasteiger partial charge in [-0.15, -0.1) is 0 Å². The van der Waals surface area contributed by atoms with Gasteiger partial charge in [-0.2, -0.15) is 0 Å². The maximum absolute atomic E-state index is 12.1. The van der Waals surface area contributed by atoms with Crippen LogP contribution >= 0.6 is 27.5 Å². The van der Waals surface area contributed by atoms with E-state index in [-0.39, 0.29) is 38.8 Å². The Bertz CT molecular complexity index is 704. The summed E-state index contributed by atoms with van der Waals surface area (Å²) in [5, 5.41) is 0.196. The monoisotopic (exact) mass is 404 g/mol. The zero-order chi connectivity index (χ0) is 15.6. The molecule has 10 heteroatoms. The first kappa shape index (κ1) is 17.7. The van der Waals surface area contributed by atoms with Gasteiger partial charge in [0.1, 0.15) is 9.84 Å². The second-order valence-corrected chi connectivity index (χ2v) is 9.41.